The van der Waals surface area contributed by atoms with E-state index in [0.717, 1.165) is 12.8 Å². The molecule has 0 N–H and O–H groups in total. The van der Waals surface area contributed by atoms with E-state index in [1.165, 1.54) is 12.0 Å². The summed E-state index contributed by atoms with van der Waals surface area (Å²) in [5.41, 5.74) is 0. The number of benzene rings is 1. The zero-order valence-electron chi connectivity index (χ0n) is 8.68. The lowest BCUT2D eigenvalue weighted by atomic mass is 9.85. The monoisotopic (exact) mass is 222 g/mol. The van der Waals surface area contributed by atoms with Crippen molar-refractivity contribution < 1.29 is 9.53 Å². The minimum absolute atomic E-state index is 0.0605. The van der Waals surface area contributed by atoms with Gasteiger partial charge in [0.1, 0.15) is 0 Å². The molecule has 0 heterocycles. The van der Waals surface area contributed by atoms with Crippen molar-refractivity contribution in [1.29, 1.82) is 0 Å². The predicted molar refractivity (Wildman–Crippen MR) is 60.8 cm³/mol. The molecule has 0 radical (unpaired) electrons. The van der Waals surface area contributed by atoms with Crippen LogP contribution in [0.5, 0.6) is 0 Å². The molecule has 1 aliphatic rings. The quantitative estimate of drug-likeness (QED) is 0.736. The van der Waals surface area contributed by atoms with E-state index < -0.39 is 0 Å². The molecule has 0 saturated heterocycles. The van der Waals surface area contributed by atoms with Crippen molar-refractivity contribution in [3.8, 4) is 0 Å². The molecule has 1 aromatic rings. The van der Waals surface area contributed by atoms with Crippen LogP contribution in [-0.2, 0) is 9.53 Å². The van der Waals surface area contributed by atoms with E-state index in [1.54, 1.807) is 11.8 Å². The summed E-state index contributed by atoms with van der Waals surface area (Å²) < 4.78 is 4.77. The van der Waals surface area contributed by atoms with Gasteiger partial charge in [0.15, 0.2) is 0 Å². The molecule has 0 amide bonds. The summed E-state index contributed by atoms with van der Waals surface area (Å²) in [6.45, 7) is 0. The van der Waals surface area contributed by atoms with Crippen molar-refractivity contribution in [2.45, 2.75) is 23.0 Å². The minimum Gasteiger partial charge on any atom is -0.469 e. The van der Waals surface area contributed by atoms with Gasteiger partial charge in [-0.2, -0.15) is 0 Å². The highest BCUT2D eigenvalue weighted by atomic mass is 32.2. The molecule has 1 fully saturated rings. The van der Waals surface area contributed by atoms with Crippen LogP contribution >= 0.6 is 11.8 Å². The van der Waals surface area contributed by atoms with Crippen LogP contribution < -0.4 is 0 Å². The molecule has 80 valence electrons. The molecule has 0 aliphatic heterocycles. The van der Waals surface area contributed by atoms with Crippen molar-refractivity contribution in [2.75, 3.05) is 7.11 Å². The second-order valence-electron chi connectivity index (χ2n) is 3.68. The number of carbonyl (C=O) groups excluding carboxylic acids is 1. The SMILES string of the molecule is COC(=O)[C@@H]1CC[C@H]1Sc1ccccc1. The summed E-state index contributed by atoms with van der Waals surface area (Å²) in [5, 5.41) is 0.403. The lowest BCUT2D eigenvalue weighted by molar-refractivity contribution is -0.147. The first-order valence-electron chi connectivity index (χ1n) is 5.11. The molecule has 0 unspecified atom stereocenters. The van der Waals surface area contributed by atoms with Gasteiger partial charge in [0.25, 0.3) is 0 Å². The van der Waals surface area contributed by atoms with Gasteiger partial charge in [0.05, 0.1) is 13.0 Å². The Hall–Kier alpha value is -0.960. The van der Waals surface area contributed by atoms with Crippen LogP contribution in [0.15, 0.2) is 35.2 Å². The number of hydrogen-bond acceptors (Lipinski definition) is 3. The third-order valence-electron chi connectivity index (χ3n) is 2.75. The van der Waals surface area contributed by atoms with Crippen LogP contribution in [0.25, 0.3) is 0 Å². The van der Waals surface area contributed by atoms with Gasteiger partial charge in [-0.1, -0.05) is 18.2 Å². The van der Waals surface area contributed by atoms with Crippen molar-refractivity contribution in [1.82, 2.24) is 0 Å². The van der Waals surface area contributed by atoms with E-state index in [1.807, 2.05) is 18.2 Å². The second kappa shape index (κ2) is 4.71. The van der Waals surface area contributed by atoms with Gasteiger partial charge in [-0.25, -0.2) is 0 Å². The van der Waals surface area contributed by atoms with Gasteiger partial charge in [0, 0.05) is 10.1 Å². The average molecular weight is 222 g/mol. The third kappa shape index (κ3) is 2.34. The molecule has 2 atom stereocenters. The van der Waals surface area contributed by atoms with Gasteiger partial charge in [0.2, 0.25) is 0 Å². The molecular weight excluding hydrogens is 208 g/mol. The van der Waals surface area contributed by atoms with Crippen LogP contribution in [0.1, 0.15) is 12.8 Å². The highest BCUT2D eigenvalue weighted by Gasteiger charge is 2.37. The maximum atomic E-state index is 11.4. The largest absolute Gasteiger partial charge is 0.469 e. The molecule has 2 rings (SSSR count). The number of ether oxygens (including phenoxy) is 1. The van der Waals surface area contributed by atoms with Gasteiger partial charge in [-0.05, 0) is 25.0 Å². The van der Waals surface area contributed by atoms with Crippen LogP contribution in [0.3, 0.4) is 0 Å². The van der Waals surface area contributed by atoms with Crippen LogP contribution in [0.2, 0.25) is 0 Å². The summed E-state index contributed by atoms with van der Waals surface area (Å²) >= 11 is 1.78. The van der Waals surface area contributed by atoms with Gasteiger partial charge >= 0.3 is 5.97 Å². The molecule has 2 nitrogen and oxygen atoms in total. The Balaban J connectivity index is 1.94. The smallest absolute Gasteiger partial charge is 0.309 e. The summed E-state index contributed by atoms with van der Waals surface area (Å²) in [6, 6.07) is 10.2. The van der Waals surface area contributed by atoms with Gasteiger partial charge < -0.3 is 4.74 Å². The van der Waals surface area contributed by atoms with Gasteiger partial charge in [-0.3, -0.25) is 4.79 Å². The molecule has 1 saturated carbocycles. The Morgan fingerprint density at radius 1 is 1.33 bits per heavy atom. The Labute approximate surface area is 94.0 Å². The standard InChI is InChI=1S/C12H14O2S/c1-14-12(13)10-7-8-11(10)15-9-5-3-2-4-6-9/h2-6,10-11H,7-8H2,1H3/t10-,11-/m1/s1. The fourth-order valence-electron chi connectivity index (χ4n) is 1.71. The minimum atomic E-state index is -0.0605. The Morgan fingerprint density at radius 2 is 2.07 bits per heavy atom. The fourth-order valence-corrected chi connectivity index (χ4v) is 3.03. The lowest BCUT2D eigenvalue weighted by Gasteiger charge is -2.33. The number of rotatable bonds is 3. The Bertz CT molecular complexity index is 337. The van der Waals surface area contributed by atoms with Crippen molar-refractivity contribution in [2.24, 2.45) is 5.92 Å². The number of methoxy groups -OCH3 is 1. The maximum absolute atomic E-state index is 11.4. The average Bonchev–Trinajstić information content (AvgIpc) is 2.25. The first-order valence-corrected chi connectivity index (χ1v) is 5.99. The number of hydrogen-bond donors (Lipinski definition) is 0. The summed E-state index contributed by atoms with van der Waals surface area (Å²) in [6.07, 6.45) is 2.08. The van der Waals surface area contributed by atoms with E-state index >= 15 is 0 Å². The van der Waals surface area contributed by atoms with Crippen molar-refractivity contribution in [3.63, 3.8) is 0 Å². The lowest BCUT2D eigenvalue weighted by Crippen LogP contribution is -2.36. The number of thioether (sulfide) groups is 1. The number of carbonyl (C=O) groups is 1. The zero-order valence-corrected chi connectivity index (χ0v) is 9.50. The van der Waals surface area contributed by atoms with Crippen molar-refractivity contribution >= 4 is 17.7 Å². The topological polar surface area (TPSA) is 26.3 Å². The first kappa shape index (κ1) is 10.6. The summed E-state index contributed by atoms with van der Waals surface area (Å²) in [7, 11) is 1.46. The molecule has 0 aromatic heterocycles. The molecule has 1 aromatic carbocycles. The highest BCUT2D eigenvalue weighted by molar-refractivity contribution is 8.00. The van der Waals surface area contributed by atoms with E-state index in [0.29, 0.717) is 5.25 Å². The number of esters is 1. The van der Waals surface area contributed by atoms with Gasteiger partial charge in [-0.15, -0.1) is 11.8 Å². The zero-order chi connectivity index (χ0) is 10.7. The molecule has 15 heavy (non-hydrogen) atoms. The van der Waals surface area contributed by atoms with E-state index in [9.17, 15) is 4.79 Å². The predicted octanol–water partition coefficient (Wildman–Crippen LogP) is 2.73. The maximum Gasteiger partial charge on any atom is 0.309 e. The fraction of sp³-hybridized carbons (Fsp3) is 0.417. The van der Waals surface area contributed by atoms with Crippen LogP contribution in [0.4, 0.5) is 0 Å². The normalized spacial score (nSPS) is 24.3. The third-order valence-corrected chi connectivity index (χ3v) is 4.16. The van der Waals surface area contributed by atoms with E-state index in [2.05, 4.69) is 12.1 Å². The van der Waals surface area contributed by atoms with Crippen LogP contribution in [-0.4, -0.2) is 18.3 Å². The molecular formula is C12H14O2S. The second-order valence-corrected chi connectivity index (χ2v) is 4.99. The first-order chi connectivity index (χ1) is 7.31. The van der Waals surface area contributed by atoms with Crippen LogP contribution in [0, 0.1) is 5.92 Å². The molecule has 0 spiro atoms. The highest BCUT2D eigenvalue weighted by Crippen LogP contribution is 2.41. The molecule has 1 aliphatic carbocycles. The summed E-state index contributed by atoms with van der Waals surface area (Å²) in [4.78, 5) is 12.6. The molecule has 3 heteroatoms. The Kier molecular flexibility index (Phi) is 3.31. The molecule has 0 bridgehead atoms. The Morgan fingerprint density at radius 3 is 2.60 bits per heavy atom. The van der Waals surface area contributed by atoms with E-state index in [4.69, 9.17) is 4.74 Å². The summed E-state index contributed by atoms with van der Waals surface area (Å²) in [5.74, 6) is 0.0369. The van der Waals surface area contributed by atoms with E-state index in [-0.39, 0.29) is 11.9 Å². The van der Waals surface area contributed by atoms with Crippen molar-refractivity contribution in [3.05, 3.63) is 30.3 Å².